The molecule has 1 aliphatic heterocycles. The van der Waals surface area contributed by atoms with Crippen LogP contribution in [0.4, 0.5) is 21.9 Å². The molecule has 0 spiro atoms. The number of para-hydroxylation sites is 1. The zero-order valence-corrected chi connectivity index (χ0v) is 19.9. The number of carbonyl (C=O) groups is 4. The number of anilines is 3. The van der Waals surface area contributed by atoms with E-state index >= 15 is 0 Å². The molecular formula is C27H26N4O5. The highest BCUT2D eigenvalue weighted by Crippen LogP contribution is 2.25. The van der Waals surface area contributed by atoms with Gasteiger partial charge in [-0.05, 0) is 74.5 Å². The number of urea groups is 1. The fourth-order valence-corrected chi connectivity index (χ4v) is 3.85. The molecule has 184 valence electrons. The van der Waals surface area contributed by atoms with Gasteiger partial charge in [0, 0.05) is 22.6 Å². The second-order valence-corrected chi connectivity index (χ2v) is 8.13. The highest BCUT2D eigenvalue weighted by molar-refractivity contribution is 6.16. The molecule has 0 bridgehead atoms. The maximum Gasteiger partial charge on any atom is 0.332 e. The lowest BCUT2D eigenvalue weighted by Gasteiger charge is -2.19. The minimum Gasteiger partial charge on any atom is -0.494 e. The van der Waals surface area contributed by atoms with Crippen molar-refractivity contribution in [1.82, 2.24) is 4.90 Å². The van der Waals surface area contributed by atoms with E-state index in [0.717, 1.165) is 10.6 Å². The Kier molecular flexibility index (Phi) is 7.29. The van der Waals surface area contributed by atoms with Crippen LogP contribution >= 0.6 is 0 Å². The number of nitrogens with one attached hydrogen (secondary N) is 2. The number of amides is 5. The fourth-order valence-electron chi connectivity index (χ4n) is 3.85. The highest BCUT2D eigenvalue weighted by atomic mass is 16.5. The number of hydrogen-bond acceptors (Lipinski definition) is 5. The maximum absolute atomic E-state index is 12.8. The van der Waals surface area contributed by atoms with Gasteiger partial charge in [0.1, 0.15) is 18.3 Å². The van der Waals surface area contributed by atoms with Crippen molar-refractivity contribution < 1.29 is 23.9 Å². The molecule has 3 aromatic rings. The fraction of sp³-hybridized carbons (Fsp3) is 0.185. The molecule has 1 atom stereocenters. The summed E-state index contributed by atoms with van der Waals surface area (Å²) >= 11 is 0. The minimum atomic E-state index is -0.708. The van der Waals surface area contributed by atoms with Gasteiger partial charge in [0.25, 0.3) is 11.8 Å². The molecule has 1 heterocycles. The van der Waals surface area contributed by atoms with E-state index in [2.05, 4.69) is 10.6 Å². The molecule has 1 aliphatic rings. The summed E-state index contributed by atoms with van der Waals surface area (Å²) in [5.41, 5.74) is 2.05. The average molecular weight is 487 g/mol. The molecule has 0 aromatic heterocycles. The molecule has 0 saturated carbocycles. The number of rotatable bonds is 8. The summed E-state index contributed by atoms with van der Waals surface area (Å²) in [6, 6.07) is 20.9. The summed E-state index contributed by atoms with van der Waals surface area (Å²) in [4.78, 5) is 52.9. The van der Waals surface area contributed by atoms with Crippen LogP contribution in [0, 0.1) is 0 Å². The number of hydrogen-bond donors (Lipinski definition) is 2. The first-order valence-corrected chi connectivity index (χ1v) is 11.5. The van der Waals surface area contributed by atoms with E-state index in [0.29, 0.717) is 29.2 Å². The molecule has 3 aromatic carbocycles. The molecule has 36 heavy (non-hydrogen) atoms. The van der Waals surface area contributed by atoms with Crippen molar-refractivity contribution in [2.24, 2.45) is 0 Å². The second kappa shape index (κ2) is 10.7. The second-order valence-electron chi connectivity index (χ2n) is 8.13. The smallest absolute Gasteiger partial charge is 0.332 e. The van der Waals surface area contributed by atoms with E-state index < -0.39 is 30.4 Å². The standard InChI is InChI=1S/C27H26N4O5/c1-3-36-23-15-13-21(14-16-23)29-25(33)19-9-11-20(12-10-19)28-24(32)17-30-26(34)18(2)31(27(30)35)22-7-5-4-6-8-22/h4-16,18H,3,17H2,1-2H3,(H,28,32)(H,29,33). The number of carbonyl (C=O) groups excluding carboxylic acids is 4. The summed E-state index contributed by atoms with van der Waals surface area (Å²) in [7, 11) is 0. The third-order valence-electron chi connectivity index (χ3n) is 5.64. The largest absolute Gasteiger partial charge is 0.494 e. The molecule has 9 heteroatoms. The van der Waals surface area contributed by atoms with Crippen LogP contribution in [0.5, 0.6) is 5.75 Å². The SMILES string of the molecule is CCOc1ccc(NC(=O)c2ccc(NC(=O)CN3C(=O)C(C)N(c4ccccc4)C3=O)cc2)cc1. The molecule has 5 amide bonds. The van der Waals surface area contributed by atoms with Crippen molar-refractivity contribution in [1.29, 1.82) is 0 Å². The van der Waals surface area contributed by atoms with Crippen LogP contribution in [-0.4, -0.2) is 47.8 Å². The molecule has 1 saturated heterocycles. The van der Waals surface area contributed by atoms with Crippen molar-refractivity contribution in [3.63, 3.8) is 0 Å². The van der Waals surface area contributed by atoms with Gasteiger partial charge in [-0.15, -0.1) is 0 Å². The van der Waals surface area contributed by atoms with Gasteiger partial charge in [0.05, 0.1) is 6.61 Å². The monoisotopic (exact) mass is 486 g/mol. The van der Waals surface area contributed by atoms with Crippen LogP contribution in [0.25, 0.3) is 0 Å². The number of imide groups is 1. The average Bonchev–Trinajstić information content (AvgIpc) is 3.09. The van der Waals surface area contributed by atoms with Crippen LogP contribution in [0.15, 0.2) is 78.9 Å². The van der Waals surface area contributed by atoms with Crippen LogP contribution in [0.2, 0.25) is 0 Å². The highest BCUT2D eigenvalue weighted by Gasteiger charge is 2.43. The van der Waals surface area contributed by atoms with Gasteiger partial charge in [0.15, 0.2) is 0 Å². The third-order valence-corrected chi connectivity index (χ3v) is 5.64. The van der Waals surface area contributed by atoms with Crippen LogP contribution in [0.3, 0.4) is 0 Å². The quantitative estimate of drug-likeness (QED) is 0.466. The van der Waals surface area contributed by atoms with Crippen molar-refractivity contribution in [3.8, 4) is 5.75 Å². The molecule has 0 aliphatic carbocycles. The lowest BCUT2D eigenvalue weighted by molar-refractivity contribution is -0.130. The zero-order valence-electron chi connectivity index (χ0n) is 19.9. The Hall–Kier alpha value is -4.66. The van der Waals surface area contributed by atoms with Crippen molar-refractivity contribution in [2.45, 2.75) is 19.9 Å². The first-order valence-electron chi connectivity index (χ1n) is 11.5. The van der Waals surface area contributed by atoms with Crippen LogP contribution in [-0.2, 0) is 9.59 Å². The van der Waals surface area contributed by atoms with E-state index in [4.69, 9.17) is 4.74 Å². The van der Waals surface area contributed by atoms with Gasteiger partial charge in [-0.1, -0.05) is 18.2 Å². The predicted octanol–water partition coefficient (Wildman–Crippen LogP) is 4.13. The topological polar surface area (TPSA) is 108 Å². The van der Waals surface area contributed by atoms with E-state index in [1.54, 1.807) is 79.7 Å². The Morgan fingerprint density at radius 2 is 1.47 bits per heavy atom. The Morgan fingerprint density at radius 1 is 0.861 bits per heavy atom. The van der Waals surface area contributed by atoms with Gasteiger partial charge < -0.3 is 15.4 Å². The number of benzene rings is 3. The molecule has 9 nitrogen and oxygen atoms in total. The van der Waals surface area contributed by atoms with Crippen molar-refractivity contribution >= 4 is 40.8 Å². The molecule has 4 rings (SSSR count). The van der Waals surface area contributed by atoms with Gasteiger partial charge in [-0.3, -0.25) is 24.2 Å². The summed E-state index contributed by atoms with van der Waals surface area (Å²) in [5, 5.41) is 5.46. The zero-order chi connectivity index (χ0) is 25.7. The Bertz CT molecular complexity index is 1260. The summed E-state index contributed by atoms with van der Waals surface area (Å²) in [6.45, 7) is 3.67. The van der Waals surface area contributed by atoms with E-state index in [-0.39, 0.29) is 5.91 Å². The summed E-state index contributed by atoms with van der Waals surface area (Å²) in [5.74, 6) is -0.554. The normalized spacial score (nSPS) is 15.1. The predicted molar refractivity (Wildman–Crippen MR) is 136 cm³/mol. The molecule has 1 unspecified atom stereocenters. The first kappa shape index (κ1) is 24.5. The first-order chi connectivity index (χ1) is 17.4. The van der Waals surface area contributed by atoms with E-state index in [9.17, 15) is 19.2 Å². The molecular weight excluding hydrogens is 460 g/mol. The lowest BCUT2D eigenvalue weighted by Crippen LogP contribution is -2.39. The Morgan fingerprint density at radius 3 is 2.11 bits per heavy atom. The van der Waals surface area contributed by atoms with Gasteiger partial charge in [0.2, 0.25) is 5.91 Å². The minimum absolute atomic E-state index is 0.305. The molecule has 0 radical (unpaired) electrons. The Labute approximate surface area is 208 Å². The summed E-state index contributed by atoms with van der Waals surface area (Å²) in [6.07, 6.45) is 0. The van der Waals surface area contributed by atoms with Gasteiger partial charge in [-0.25, -0.2) is 4.79 Å². The van der Waals surface area contributed by atoms with E-state index in [1.807, 2.05) is 13.0 Å². The lowest BCUT2D eigenvalue weighted by atomic mass is 10.2. The molecule has 2 N–H and O–H groups in total. The summed E-state index contributed by atoms with van der Waals surface area (Å²) < 4.78 is 5.39. The van der Waals surface area contributed by atoms with Crippen molar-refractivity contribution in [2.75, 3.05) is 28.7 Å². The number of ether oxygens (including phenoxy) is 1. The molecule has 1 fully saturated rings. The van der Waals surface area contributed by atoms with Gasteiger partial charge >= 0.3 is 6.03 Å². The van der Waals surface area contributed by atoms with E-state index in [1.165, 1.54) is 4.90 Å². The maximum atomic E-state index is 12.8. The Balaban J connectivity index is 1.34. The third kappa shape index (κ3) is 5.35. The van der Waals surface area contributed by atoms with Gasteiger partial charge in [-0.2, -0.15) is 0 Å². The van der Waals surface area contributed by atoms with Crippen LogP contribution < -0.4 is 20.3 Å². The van der Waals surface area contributed by atoms with Crippen LogP contribution in [0.1, 0.15) is 24.2 Å². The number of nitrogens with zero attached hydrogens (tertiary/aromatic N) is 2. The van der Waals surface area contributed by atoms with Crippen molar-refractivity contribution in [3.05, 3.63) is 84.4 Å².